The number of Topliss-reactive ketones (excluding diaryl/α,β-unsaturated/α-hetero) is 1. The third-order valence-electron chi connectivity index (χ3n) is 4.83. The van der Waals surface area contributed by atoms with Gasteiger partial charge in [0.1, 0.15) is 12.2 Å². The van der Waals surface area contributed by atoms with Crippen LogP contribution in [0.4, 0.5) is 0 Å². The molecule has 0 aromatic heterocycles. The molecule has 0 aliphatic carbocycles. The normalized spacial score (nSPS) is 15.6. The van der Waals surface area contributed by atoms with E-state index in [2.05, 4.69) is 5.16 Å². The molecule has 31 heavy (non-hydrogen) atoms. The zero-order valence-electron chi connectivity index (χ0n) is 18.3. The van der Waals surface area contributed by atoms with Gasteiger partial charge in [0.05, 0.1) is 6.10 Å². The summed E-state index contributed by atoms with van der Waals surface area (Å²) in [5.41, 5.74) is 5.93. The lowest BCUT2D eigenvalue weighted by molar-refractivity contribution is -0.163. The molecule has 1 heterocycles. The number of likely N-dealkylation sites (tertiary alicyclic amines) is 1. The number of amides is 1. The predicted molar refractivity (Wildman–Crippen MR) is 114 cm³/mol. The number of ketones is 1. The summed E-state index contributed by atoms with van der Waals surface area (Å²) in [7, 11) is 0. The molecule has 170 valence electrons. The molecule has 3 N–H and O–H groups in total. The molecule has 1 aromatic rings. The number of hydrogen-bond donors (Lipinski definition) is 2. The fourth-order valence-electron chi connectivity index (χ4n) is 3.24. The smallest absolute Gasteiger partial charge is 0.332 e. The molecule has 0 radical (unpaired) electrons. The van der Waals surface area contributed by atoms with E-state index in [1.807, 2.05) is 0 Å². The van der Waals surface area contributed by atoms with Crippen LogP contribution in [0.1, 0.15) is 62.4 Å². The van der Waals surface area contributed by atoms with Crippen molar-refractivity contribution in [3.8, 4) is 0 Å². The zero-order chi connectivity index (χ0) is 23.0. The van der Waals surface area contributed by atoms with Crippen LogP contribution in [0.5, 0.6) is 0 Å². The standard InChI is InChI=1S/C22H31N3O6/c1-22(2,3)31-20(28)14-30-17-10-12-25(13-11-17)19(27)9-8-18(26)15-4-6-16(7-5-15)21(23)24-29/h4-7,17,29H,8-14H2,1-3H3,(H2,23,24). The van der Waals surface area contributed by atoms with Crippen LogP contribution in [-0.2, 0) is 19.1 Å². The van der Waals surface area contributed by atoms with Crippen LogP contribution < -0.4 is 5.73 Å². The van der Waals surface area contributed by atoms with Crippen molar-refractivity contribution in [2.75, 3.05) is 19.7 Å². The maximum absolute atomic E-state index is 12.4. The summed E-state index contributed by atoms with van der Waals surface area (Å²) in [5.74, 6) is -0.654. The molecule has 9 heteroatoms. The summed E-state index contributed by atoms with van der Waals surface area (Å²) in [5, 5.41) is 11.6. The van der Waals surface area contributed by atoms with Crippen molar-refractivity contribution in [1.29, 1.82) is 0 Å². The topological polar surface area (TPSA) is 132 Å². The molecule has 1 fully saturated rings. The van der Waals surface area contributed by atoms with Gasteiger partial charge < -0.3 is 25.3 Å². The van der Waals surface area contributed by atoms with E-state index in [1.165, 1.54) is 0 Å². The van der Waals surface area contributed by atoms with E-state index < -0.39 is 11.6 Å². The summed E-state index contributed by atoms with van der Waals surface area (Å²) in [6.45, 7) is 6.37. The molecule has 0 unspecified atom stereocenters. The maximum Gasteiger partial charge on any atom is 0.332 e. The first-order valence-electron chi connectivity index (χ1n) is 10.3. The van der Waals surface area contributed by atoms with Crippen LogP contribution in [0.25, 0.3) is 0 Å². The molecule has 0 bridgehead atoms. The van der Waals surface area contributed by atoms with Crippen LogP contribution in [0, 0.1) is 0 Å². The quantitative estimate of drug-likeness (QED) is 0.160. The summed E-state index contributed by atoms with van der Waals surface area (Å²) in [6, 6.07) is 6.36. The van der Waals surface area contributed by atoms with Gasteiger partial charge in [0, 0.05) is 37.1 Å². The first-order chi connectivity index (χ1) is 14.6. The van der Waals surface area contributed by atoms with Gasteiger partial charge in [0.25, 0.3) is 0 Å². The highest BCUT2D eigenvalue weighted by atomic mass is 16.6. The monoisotopic (exact) mass is 433 g/mol. The van der Waals surface area contributed by atoms with E-state index in [0.29, 0.717) is 37.1 Å². The van der Waals surface area contributed by atoms with Crippen LogP contribution in [-0.4, -0.2) is 65.0 Å². The molecule has 2 rings (SSSR count). The van der Waals surface area contributed by atoms with Crippen molar-refractivity contribution in [1.82, 2.24) is 4.90 Å². The van der Waals surface area contributed by atoms with Crippen molar-refractivity contribution in [3.63, 3.8) is 0 Å². The Hall–Kier alpha value is -2.94. The summed E-state index contributed by atoms with van der Waals surface area (Å²) in [6.07, 6.45) is 1.42. The number of nitrogens with two attached hydrogens (primary N) is 1. The van der Waals surface area contributed by atoms with E-state index in [0.717, 1.165) is 0 Å². The molecule has 0 atom stereocenters. The SMILES string of the molecule is CC(C)(C)OC(=O)COC1CCN(C(=O)CCC(=O)c2ccc(/C(N)=N/O)cc2)CC1. The fourth-order valence-corrected chi connectivity index (χ4v) is 3.24. The van der Waals surface area contributed by atoms with Gasteiger partial charge in [-0.2, -0.15) is 0 Å². The van der Waals surface area contributed by atoms with Crippen molar-refractivity contribution < 1.29 is 29.1 Å². The van der Waals surface area contributed by atoms with E-state index in [1.54, 1.807) is 49.9 Å². The van der Waals surface area contributed by atoms with E-state index in [4.69, 9.17) is 20.4 Å². The molecule has 1 aliphatic heterocycles. The Bertz CT molecular complexity index is 806. The van der Waals surface area contributed by atoms with Crippen LogP contribution in [0.3, 0.4) is 0 Å². The second kappa shape index (κ2) is 10.9. The Morgan fingerprint density at radius 2 is 1.68 bits per heavy atom. The Labute approximate surface area is 182 Å². The highest BCUT2D eigenvalue weighted by molar-refractivity contribution is 6.00. The number of ether oxygens (including phenoxy) is 2. The van der Waals surface area contributed by atoms with Gasteiger partial charge in [-0.1, -0.05) is 29.4 Å². The highest BCUT2D eigenvalue weighted by Gasteiger charge is 2.25. The Balaban J connectivity index is 1.72. The van der Waals surface area contributed by atoms with Crippen LogP contribution >= 0.6 is 0 Å². The summed E-state index contributed by atoms with van der Waals surface area (Å²) in [4.78, 5) is 38.2. The van der Waals surface area contributed by atoms with Gasteiger partial charge in [-0.15, -0.1) is 0 Å². The Morgan fingerprint density at radius 3 is 2.23 bits per heavy atom. The van der Waals surface area contributed by atoms with Crippen molar-refractivity contribution in [3.05, 3.63) is 35.4 Å². The number of hydrogen-bond acceptors (Lipinski definition) is 7. The zero-order valence-corrected chi connectivity index (χ0v) is 18.3. The largest absolute Gasteiger partial charge is 0.458 e. The van der Waals surface area contributed by atoms with E-state index >= 15 is 0 Å². The second-order valence-corrected chi connectivity index (χ2v) is 8.46. The molecule has 0 spiro atoms. The molecule has 1 saturated heterocycles. The lowest BCUT2D eigenvalue weighted by atomic mass is 10.0. The van der Waals surface area contributed by atoms with E-state index in [9.17, 15) is 14.4 Å². The van der Waals surface area contributed by atoms with Gasteiger partial charge in [-0.3, -0.25) is 9.59 Å². The first kappa shape index (κ1) is 24.3. The minimum absolute atomic E-state index is 0.0346. The lowest BCUT2D eigenvalue weighted by Gasteiger charge is -2.32. The number of esters is 1. The number of nitrogens with zero attached hydrogens (tertiary/aromatic N) is 2. The van der Waals surface area contributed by atoms with Gasteiger partial charge >= 0.3 is 5.97 Å². The molecule has 9 nitrogen and oxygen atoms in total. The molecular formula is C22H31N3O6. The highest BCUT2D eigenvalue weighted by Crippen LogP contribution is 2.17. The Morgan fingerprint density at radius 1 is 1.10 bits per heavy atom. The molecule has 0 saturated carbocycles. The van der Waals surface area contributed by atoms with Gasteiger partial charge in [0.2, 0.25) is 5.91 Å². The first-order valence-corrected chi connectivity index (χ1v) is 10.3. The average molecular weight is 434 g/mol. The number of amidine groups is 1. The summed E-state index contributed by atoms with van der Waals surface area (Å²) < 4.78 is 10.8. The minimum atomic E-state index is -0.545. The van der Waals surface area contributed by atoms with E-state index in [-0.39, 0.29) is 43.1 Å². The minimum Gasteiger partial charge on any atom is -0.458 e. The maximum atomic E-state index is 12.4. The Kier molecular flexibility index (Phi) is 8.56. The number of oxime groups is 1. The van der Waals surface area contributed by atoms with Gasteiger partial charge in [-0.05, 0) is 33.6 Å². The van der Waals surface area contributed by atoms with Gasteiger partial charge in [0.15, 0.2) is 11.6 Å². The van der Waals surface area contributed by atoms with Crippen LogP contribution in [0.2, 0.25) is 0 Å². The number of rotatable bonds is 8. The van der Waals surface area contributed by atoms with Crippen molar-refractivity contribution >= 4 is 23.5 Å². The predicted octanol–water partition coefficient (Wildman–Crippen LogP) is 2.09. The number of carbonyl (C=O) groups excluding carboxylic acids is 3. The fraction of sp³-hybridized carbons (Fsp3) is 0.545. The number of carbonyl (C=O) groups is 3. The average Bonchev–Trinajstić information content (AvgIpc) is 2.74. The second-order valence-electron chi connectivity index (χ2n) is 8.46. The third-order valence-corrected chi connectivity index (χ3v) is 4.83. The van der Waals surface area contributed by atoms with Crippen molar-refractivity contribution in [2.45, 2.75) is 58.2 Å². The molecule has 1 aromatic carbocycles. The lowest BCUT2D eigenvalue weighted by Crippen LogP contribution is -2.41. The third kappa shape index (κ3) is 8.01. The molecule has 1 aliphatic rings. The number of piperidine rings is 1. The number of benzene rings is 1. The van der Waals surface area contributed by atoms with Crippen molar-refractivity contribution in [2.24, 2.45) is 10.9 Å². The molecule has 1 amide bonds. The van der Waals surface area contributed by atoms with Gasteiger partial charge in [-0.25, -0.2) is 4.79 Å². The molecular weight excluding hydrogens is 402 g/mol. The van der Waals surface area contributed by atoms with Crippen LogP contribution in [0.15, 0.2) is 29.4 Å². The summed E-state index contributed by atoms with van der Waals surface area (Å²) >= 11 is 0.